The number of aromatic nitrogens is 6. The normalized spacial score (nSPS) is 25.6. The van der Waals surface area contributed by atoms with Gasteiger partial charge in [0, 0.05) is 24.2 Å². The minimum Gasteiger partial charge on any atom is -0.370 e. The van der Waals surface area contributed by atoms with Crippen molar-refractivity contribution in [2.75, 3.05) is 24.6 Å². The number of rotatable bonds is 4. The Kier molecular flexibility index (Phi) is 5.02. The highest BCUT2D eigenvalue weighted by atomic mass is 19.4. The van der Waals surface area contributed by atoms with Gasteiger partial charge in [0.05, 0.1) is 48.4 Å². The number of anilines is 1. The average molecular weight is 474 g/mol. The van der Waals surface area contributed by atoms with E-state index in [1.54, 1.807) is 0 Å². The molecule has 1 saturated heterocycles. The summed E-state index contributed by atoms with van der Waals surface area (Å²) >= 11 is 0. The summed E-state index contributed by atoms with van der Waals surface area (Å²) in [5.41, 5.74) is 4.00. The molecule has 3 fully saturated rings. The zero-order valence-corrected chi connectivity index (χ0v) is 19.1. The van der Waals surface area contributed by atoms with Crippen molar-refractivity contribution in [3.63, 3.8) is 0 Å². The molecule has 0 N–H and O–H groups in total. The first-order chi connectivity index (χ1) is 16.3. The first kappa shape index (κ1) is 21.7. The summed E-state index contributed by atoms with van der Waals surface area (Å²) in [6, 6.07) is 0.494. The first-order valence-corrected chi connectivity index (χ1v) is 11.8. The number of alkyl halides is 3. The van der Waals surface area contributed by atoms with Crippen molar-refractivity contribution in [3.05, 3.63) is 35.0 Å². The van der Waals surface area contributed by atoms with Crippen LogP contribution in [0.1, 0.15) is 66.4 Å². The van der Waals surface area contributed by atoms with Crippen LogP contribution in [0.5, 0.6) is 0 Å². The van der Waals surface area contributed by atoms with Crippen molar-refractivity contribution in [1.29, 1.82) is 0 Å². The summed E-state index contributed by atoms with van der Waals surface area (Å²) in [7, 11) is 0. The maximum Gasteiger partial charge on any atom is 0.391 e. The van der Waals surface area contributed by atoms with Crippen LogP contribution >= 0.6 is 0 Å². The Balaban J connectivity index is 1.32. The number of ether oxygens (including phenoxy) is 1. The van der Waals surface area contributed by atoms with Gasteiger partial charge in [-0.2, -0.15) is 23.3 Å². The van der Waals surface area contributed by atoms with Crippen molar-refractivity contribution in [2.45, 2.75) is 63.8 Å². The third-order valence-electron chi connectivity index (χ3n) is 7.21. The van der Waals surface area contributed by atoms with E-state index in [0.717, 1.165) is 29.8 Å². The molecule has 6 rings (SSSR count). The molecule has 1 atom stereocenters. The maximum absolute atomic E-state index is 13.2. The van der Waals surface area contributed by atoms with Crippen molar-refractivity contribution in [3.8, 4) is 0 Å². The Morgan fingerprint density at radius 3 is 2.53 bits per heavy atom. The highest BCUT2D eigenvalue weighted by molar-refractivity contribution is 5.75. The van der Waals surface area contributed by atoms with Gasteiger partial charge in [-0.1, -0.05) is 0 Å². The van der Waals surface area contributed by atoms with Crippen LogP contribution in [0.15, 0.2) is 12.4 Å². The van der Waals surface area contributed by atoms with Crippen LogP contribution in [-0.4, -0.2) is 55.6 Å². The van der Waals surface area contributed by atoms with E-state index in [9.17, 15) is 13.2 Å². The number of fused-ring (bicyclic) bond motifs is 1. The highest BCUT2D eigenvalue weighted by Crippen LogP contribution is 2.50. The van der Waals surface area contributed by atoms with E-state index >= 15 is 0 Å². The monoisotopic (exact) mass is 473 g/mol. The molecule has 3 aromatic rings. The van der Waals surface area contributed by atoms with Crippen molar-refractivity contribution in [1.82, 2.24) is 29.7 Å². The van der Waals surface area contributed by atoms with Gasteiger partial charge in [0.2, 0.25) is 5.95 Å². The Labute approximate surface area is 194 Å². The standard InChI is InChI=1S/C23H26F3N7O/c1-12-13(2)29-21-20(28-12)19(14-7-16(8-14)23(24,25)26)30-22(31-21)32-5-6-34-18(11-32)15-9-27-33(10-15)17-3-4-17/h9-10,14,16-18H,3-8,11H2,1-2H3/t14-,16-,18-/m0/s1. The SMILES string of the molecule is Cc1nc2nc(N3CCO[C@H](c4cnn(C5CC5)c4)C3)nc([C@H]3C[C@H](C(F)(F)F)C3)c2nc1C. The molecule has 2 saturated carbocycles. The average Bonchev–Trinajstić information content (AvgIpc) is 3.49. The second-order valence-electron chi connectivity index (χ2n) is 9.67. The van der Waals surface area contributed by atoms with E-state index in [2.05, 4.69) is 20.1 Å². The number of hydrogen-bond donors (Lipinski definition) is 0. The van der Waals surface area contributed by atoms with E-state index in [-0.39, 0.29) is 24.9 Å². The Morgan fingerprint density at radius 1 is 1.03 bits per heavy atom. The molecule has 0 unspecified atom stereocenters. The summed E-state index contributed by atoms with van der Waals surface area (Å²) in [6.45, 7) is 5.32. The first-order valence-electron chi connectivity index (χ1n) is 11.8. The van der Waals surface area contributed by atoms with Crippen LogP contribution in [0.2, 0.25) is 0 Å². The number of morpholine rings is 1. The molecule has 1 aliphatic heterocycles. The number of hydrogen-bond acceptors (Lipinski definition) is 7. The lowest BCUT2D eigenvalue weighted by Gasteiger charge is -2.37. The van der Waals surface area contributed by atoms with Crippen molar-refractivity contribution < 1.29 is 17.9 Å². The van der Waals surface area contributed by atoms with E-state index in [0.29, 0.717) is 48.5 Å². The van der Waals surface area contributed by atoms with E-state index in [1.165, 1.54) is 0 Å². The molecule has 0 bridgehead atoms. The summed E-state index contributed by atoms with van der Waals surface area (Å²) in [5, 5.41) is 4.47. The van der Waals surface area contributed by atoms with Gasteiger partial charge in [-0.3, -0.25) is 4.68 Å². The molecule has 0 aromatic carbocycles. The van der Waals surface area contributed by atoms with Gasteiger partial charge in [0.15, 0.2) is 5.65 Å². The largest absolute Gasteiger partial charge is 0.391 e. The quantitative estimate of drug-likeness (QED) is 0.562. The summed E-state index contributed by atoms with van der Waals surface area (Å²) in [6.07, 6.45) is 1.90. The molecule has 2 aliphatic carbocycles. The van der Waals surface area contributed by atoms with Gasteiger partial charge in [0.25, 0.3) is 0 Å². The van der Waals surface area contributed by atoms with Crippen molar-refractivity contribution >= 4 is 17.1 Å². The third kappa shape index (κ3) is 3.89. The molecule has 0 amide bonds. The number of aryl methyl sites for hydroxylation is 2. The fourth-order valence-electron chi connectivity index (χ4n) is 4.75. The molecule has 8 nitrogen and oxygen atoms in total. The van der Waals surface area contributed by atoms with Crippen LogP contribution in [0.3, 0.4) is 0 Å². The lowest BCUT2D eigenvalue weighted by Crippen LogP contribution is -2.40. The predicted molar refractivity (Wildman–Crippen MR) is 118 cm³/mol. The second kappa shape index (κ2) is 7.86. The van der Waals surface area contributed by atoms with Crippen LogP contribution in [0.25, 0.3) is 11.2 Å². The molecule has 4 heterocycles. The fraction of sp³-hybridized carbons (Fsp3) is 0.609. The third-order valence-corrected chi connectivity index (χ3v) is 7.21. The minimum atomic E-state index is -4.18. The van der Waals surface area contributed by atoms with Gasteiger partial charge >= 0.3 is 6.18 Å². The smallest absolute Gasteiger partial charge is 0.370 e. The van der Waals surface area contributed by atoms with Gasteiger partial charge in [0.1, 0.15) is 11.6 Å². The topological polar surface area (TPSA) is 81.9 Å². The molecule has 0 spiro atoms. The van der Waals surface area contributed by atoms with E-state index in [4.69, 9.17) is 9.72 Å². The second-order valence-corrected chi connectivity index (χ2v) is 9.67. The summed E-state index contributed by atoms with van der Waals surface area (Å²) in [4.78, 5) is 20.7. The zero-order chi connectivity index (χ0) is 23.6. The Hall–Kier alpha value is -2.82. The molecule has 34 heavy (non-hydrogen) atoms. The molecular formula is C23H26F3N7O. The van der Waals surface area contributed by atoms with Crippen LogP contribution < -0.4 is 4.90 Å². The van der Waals surface area contributed by atoms with Crippen LogP contribution in [0, 0.1) is 19.8 Å². The number of nitrogens with zero attached hydrogens (tertiary/aromatic N) is 7. The number of halogens is 3. The van der Waals surface area contributed by atoms with Gasteiger partial charge in [-0.15, -0.1) is 0 Å². The lowest BCUT2D eigenvalue weighted by atomic mass is 9.72. The highest BCUT2D eigenvalue weighted by Gasteiger charge is 2.49. The van der Waals surface area contributed by atoms with Gasteiger partial charge in [-0.25, -0.2) is 15.0 Å². The fourth-order valence-corrected chi connectivity index (χ4v) is 4.75. The Bertz CT molecular complexity index is 1230. The molecule has 3 aliphatic rings. The Morgan fingerprint density at radius 2 is 1.79 bits per heavy atom. The summed E-state index contributed by atoms with van der Waals surface area (Å²) in [5.74, 6) is -1.12. The van der Waals surface area contributed by atoms with Gasteiger partial charge in [-0.05, 0) is 39.5 Å². The molecular weight excluding hydrogens is 447 g/mol. The van der Waals surface area contributed by atoms with E-state index in [1.807, 2.05) is 35.8 Å². The molecule has 11 heteroatoms. The van der Waals surface area contributed by atoms with Crippen LogP contribution in [0.4, 0.5) is 19.1 Å². The zero-order valence-electron chi connectivity index (χ0n) is 19.1. The van der Waals surface area contributed by atoms with Crippen molar-refractivity contribution in [2.24, 2.45) is 5.92 Å². The van der Waals surface area contributed by atoms with E-state index < -0.39 is 12.1 Å². The predicted octanol–water partition coefficient (Wildman–Crippen LogP) is 4.20. The lowest BCUT2D eigenvalue weighted by molar-refractivity contribution is -0.197. The maximum atomic E-state index is 13.2. The molecule has 3 aromatic heterocycles. The molecule has 0 radical (unpaired) electrons. The van der Waals surface area contributed by atoms with Crippen LogP contribution in [-0.2, 0) is 4.74 Å². The summed E-state index contributed by atoms with van der Waals surface area (Å²) < 4.78 is 47.5. The van der Waals surface area contributed by atoms with Gasteiger partial charge < -0.3 is 9.64 Å². The molecule has 180 valence electrons. The minimum absolute atomic E-state index is 0.0236.